The lowest BCUT2D eigenvalue weighted by Crippen LogP contribution is -2.69. The Morgan fingerprint density at radius 2 is 1.87 bits per heavy atom. The normalized spacial score (nSPS) is 28.2. The highest BCUT2D eigenvalue weighted by atomic mass is 35.5. The second-order valence-electron chi connectivity index (χ2n) is 8.29. The van der Waals surface area contributed by atoms with Gasteiger partial charge in [0.05, 0.1) is 5.92 Å². The Bertz CT molecular complexity index is 873. The summed E-state index contributed by atoms with van der Waals surface area (Å²) in [5.41, 5.74) is 3.68. The van der Waals surface area contributed by atoms with Crippen molar-refractivity contribution in [3.63, 3.8) is 0 Å². The fourth-order valence-corrected chi connectivity index (χ4v) is 5.21. The number of hydrogen-bond acceptors (Lipinski definition) is 2. The van der Waals surface area contributed by atoms with Crippen molar-refractivity contribution in [2.24, 2.45) is 17.6 Å². The van der Waals surface area contributed by atoms with Gasteiger partial charge in [-0.25, -0.2) is 13.6 Å². The number of rotatable bonds is 3. The lowest BCUT2D eigenvalue weighted by atomic mass is 9.64. The van der Waals surface area contributed by atoms with Crippen molar-refractivity contribution in [1.82, 2.24) is 10.2 Å². The first-order valence-electron chi connectivity index (χ1n) is 9.94. The molecule has 2 aliphatic rings. The molecule has 5 nitrogen and oxygen atoms in total. The fraction of sp³-hybridized carbons (Fsp3) is 0.600. The van der Waals surface area contributed by atoms with Gasteiger partial charge in [0.1, 0.15) is 22.2 Å². The summed E-state index contributed by atoms with van der Waals surface area (Å²) in [7, 11) is 0. The molecule has 1 unspecified atom stereocenters. The van der Waals surface area contributed by atoms with Gasteiger partial charge in [0.15, 0.2) is 0 Å². The molecule has 1 heterocycles. The second-order valence-corrected chi connectivity index (χ2v) is 8.67. The van der Waals surface area contributed by atoms with Crippen LogP contribution in [0.15, 0.2) is 12.1 Å². The van der Waals surface area contributed by atoms with E-state index < -0.39 is 58.1 Å². The van der Waals surface area contributed by atoms with E-state index in [1.54, 1.807) is 0 Å². The Labute approximate surface area is 181 Å². The van der Waals surface area contributed by atoms with Crippen molar-refractivity contribution in [2.45, 2.75) is 50.2 Å². The Morgan fingerprint density at radius 3 is 2.42 bits per heavy atom. The molecule has 1 aliphatic carbocycles. The zero-order chi connectivity index (χ0) is 23.1. The van der Waals surface area contributed by atoms with Crippen molar-refractivity contribution < 1.29 is 31.5 Å². The zero-order valence-corrected chi connectivity index (χ0v) is 17.5. The minimum absolute atomic E-state index is 0.0404. The monoisotopic (exact) mass is 467 g/mol. The number of carbonyl (C=O) groups excluding carboxylic acids is 2. The number of amides is 3. The third kappa shape index (κ3) is 4.18. The summed E-state index contributed by atoms with van der Waals surface area (Å²) in [6.45, 7) is 1.57. The van der Waals surface area contributed by atoms with Gasteiger partial charge in [-0.3, -0.25) is 4.79 Å². The summed E-state index contributed by atoms with van der Waals surface area (Å²) >= 11 is 5.76. The van der Waals surface area contributed by atoms with E-state index in [9.17, 15) is 27.2 Å². The van der Waals surface area contributed by atoms with Gasteiger partial charge in [-0.15, -0.1) is 0 Å². The van der Waals surface area contributed by atoms with Gasteiger partial charge < -0.3 is 16.0 Å². The molecule has 1 aliphatic heterocycles. The van der Waals surface area contributed by atoms with Crippen LogP contribution >= 0.6 is 11.6 Å². The van der Waals surface area contributed by atoms with Crippen LogP contribution in [0.3, 0.4) is 0 Å². The van der Waals surface area contributed by atoms with Crippen LogP contribution in [0.25, 0.3) is 0 Å². The van der Waals surface area contributed by atoms with Gasteiger partial charge in [0, 0.05) is 19.0 Å². The number of halogens is 6. The molecular weight excluding hydrogens is 445 g/mol. The SMILES string of the molecule is CC1([C@H](c2ccc(F)c(Cl)c2F)C2CCC(C(F)(F)F)CC2)C(=O)NCCN1C(N)=O. The highest BCUT2D eigenvalue weighted by Gasteiger charge is 2.55. The minimum Gasteiger partial charge on any atom is -0.352 e. The molecule has 0 radical (unpaired) electrons. The van der Waals surface area contributed by atoms with E-state index in [0.717, 1.165) is 17.0 Å². The lowest BCUT2D eigenvalue weighted by Gasteiger charge is -2.50. The number of nitrogens with two attached hydrogens (primary N) is 1. The van der Waals surface area contributed by atoms with E-state index in [4.69, 9.17) is 17.3 Å². The quantitative estimate of drug-likeness (QED) is 0.512. The van der Waals surface area contributed by atoms with Crippen molar-refractivity contribution in [2.75, 3.05) is 13.1 Å². The van der Waals surface area contributed by atoms with Crippen LogP contribution in [0.5, 0.6) is 0 Å². The molecule has 3 N–H and O–H groups in total. The van der Waals surface area contributed by atoms with Crippen molar-refractivity contribution in [3.8, 4) is 0 Å². The van der Waals surface area contributed by atoms with Crippen molar-refractivity contribution in [1.29, 1.82) is 0 Å². The number of hydrogen-bond donors (Lipinski definition) is 2. The third-order valence-corrected chi connectivity index (χ3v) is 6.97. The highest BCUT2D eigenvalue weighted by Crippen LogP contribution is 2.50. The molecule has 1 saturated heterocycles. The van der Waals surface area contributed by atoms with E-state index in [1.165, 1.54) is 6.92 Å². The summed E-state index contributed by atoms with van der Waals surface area (Å²) in [5, 5.41) is 1.85. The molecule has 3 amide bonds. The maximum atomic E-state index is 15.1. The molecule has 1 saturated carbocycles. The smallest absolute Gasteiger partial charge is 0.352 e. The molecule has 0 aromatic heterocycles. The predicted molar refractivity (Wildman–Crippen MR) is 103 cm³/mol. The van der Waals surface area contributed by atoms with E-state index >= 15 is 4.39 Å². The number of piperazine rings is 1. The number of benzene rings is 1. The van der Waals surface area contributed by atoms with Gasteiger partial charge in [-0.1, -0.05) is 17.7 Å². The zero-order valence-electron chi connectivity index (χ0n) is 16.7. The molecule has 3 rings (SSSR count). The molecule has 2 atom stereocenters. The predicted octanol–water partition coefficient (Wildman–Crippen LogP) is 4.34. The summed E-state index contributed by atoms with van der Waals surface area (Å²) in [5.74, 6) is -5.88. The average molecular weight is 468 g/mol. The Morgan fingerprint density at radius 1 is 1.26 bits per heavy atom. The van der Waals surface area contributed by atoms with Gasteiger partial charge in [-0.05, 0) is 50.2 Å². The van der Waals surface area contributed by atoms with Crippen LogP contribution in [-0.2, 0) is 4.79 Å². The second kappa shape index (κ2) is 8.44. The number of nitrogens with zero attached hydrogens (tertiary/aromatic N) is 1. The van der Waals surface area contributed by atoms with E-state index in [2.05, 4.69) is 5.32 Å². The number of primary amides is 1. The largest absolute Gasteiger partial charge is 0.391 e. The fourth-order valence-electron chi connectivity index (χ4n) is 5.04. The van der Waals surface area contributed by atoms with E-state index in [0.29, 0.717) is 0 Å². The number of alkyl halides is 3. The molecule has 2 fully saturated rings. The number of nitrogens with one attached hydrogen (secondary N) is 1. The van der Waals surface area contributed by atoms with Crippen LogP contribution in [0.1, 0.15) is 44.1 Å². The summed E-state index contributed by atoms with van der Waals surface area (Å²) in [6.07, 6.45) is -4.67. The molecule has 0 bridgehead atoms. The Hall–Kier alpha value is -2.10. The maximum absolute atomic E-state index is 15.1. The Kier molecular flexibility index (Phi) is 6.42. The summed E-state index contributed by atoms with van der Waals surface area (Å²) < 4.78 is 68.4. The standard InChI is InChI=1S/C20H23ClF5N3O2/c1-19(17(30)28-8-9-29(19)18(27)31)14(12-6-7-13(22)15(21)16(12)23)10-2-4-11(5-3-10)20(24,25)26/h6-7,10-11,14H,2-5,8-9H2,1H3,(H2,27,31)(H,28,30)/t10?,11?,14-,19?/m0/s1. The summed E-state index contributed by atoms with van der Waals surface area (Å²) in [4.78, 5) is 26.3. The Balaban J connectivity index is 2.11. The molecule has 1 aromatic carbocycles. The van der Waals surface area contributed by atoms with Gasteiger partial charge in [-0.2, -0.15) is 13.2 Å². The van der Waals surface area contributed by atoms with Crippen LogP contribution in [0, 0.1) is 23.5 Å². The van der Waals surface area contributed by atoms with Crippen LogP contribution < -0.4 is 11.1 Å². The highest BCUT2D eigenvalue weighted by molar-refractivity contribution is 6.31. The van der Waals surface area contributed by atoms with Gasteiger partial charge in [0.2, 0.25) is 5.91 Å². The molecule has 11 heteroatoms. The molecule has 31 heavy (non-hydrogen) atoms. The number of urea groups is 1. The van der Waals surface area contributed by atoms with Crippen molar-refractivity contribution in [3.05, 3.63) is 34.4 Å². The van der Waals surface area contributed by atoms with Crippen LogP contribution in [0.2, 0.25) is 5.02 Å². The molecular formula is C20H23ClF5N3O2. The first-order chi connectivity index (χ1) is 14.4. The molecule has 0 spiro atoms. The van der Waals surface area contributed by atoms with E-state index in [-0.39, 0.29) is 44.3 Å². The third-order valence-electron chi connectivity index (χ3n) is 6.62. The molecule has 172 valence electrons. The van der Waals surface area contributed by atoms with Crippen molar-refractivity contribution >= 4 is 23.5 Å². The first kappa shape index (κ1) is 23.6. The van der Waals surface area contributed by atoms with Crippen LogP contribution in [-0.4, -0.2) is 41.6 Å². The van der Waals surface area contributed by atoms with E-state index in [1.807, 2.05) is 0 Å². The summed E-state index contributed by atoms with van der Waals surface area (Å²) in [6, 6.07) is 1.15. The minimum atomic E-state index is -4.35. The first-order valence-corrected chi connectivity index (χ1v) is 10.3. The maximum Gasteiger partial charge on any atom is 0.391 e. The van der Waals surface area contributed by atoms with Crippen LogP contribution in [0.4, 0.5) is 26.7 Å². The van der Waals surface area contributed by atoms with Gasteiger partial charge in [0.25, 0.3) is 0 Å². The topological polar surface area (TPSA) is 75.4 Å². The lowest BCUT2D eigenvalue weighted by molar-refractivity contribution is -0.185. The number of carbonyl (C=O) groups is 2. The van der Waals surface area contributed by atoms with Gasteiger partial charge >= 0.3 is 12.2 Å². The average Bonchev–Trinajstić information content (AvgIpc) is 2.70. The molecule has 1 aromatic rings.